The number of nitrogens with zero attached hydrogens (tertiary/aromatic N) is 8. The number of hydrogen-bond acceptors (Lipinski definition) is 16. The maximum absolute atomic E-state index is 9.94. The summed E-state index contributed by atoms with van der Waals surface area (Å²) in [4.78, 5) is 32.2. The van der Waals surface area contributed by atoms with E-state index in [1.54, 1.807) is 62.9 Å². The molecule has 2 aliphatic heterocycles. The second kappa shape index (κ2) is 17.9. The Bertz CT molecular complexity index is 2270. The molecule has 8 rings (SSSR count). The van der Waals surface area contributed by atoms with Crippen LogP contribution in [0.2, 0.25) is 0 Å². The molecule has 2 unspecified atom stereocenters. The molecule has 2 saturated heterocycles. The largest absolute Gasteiger partial charge is 0.508 e. The van der Waals surface area contributed by atoms with Gasteiger partial charge >= 0.3 is 0 Å². The zero-order valence-electron chi connectivity index (χ0n) is 31.2. The van der Waals surface area contributed by atoms with Gasteiger partial charge in [-0.05, 0) is 36.4 Å². The van der Waals surface area contributed by atoms with Crippen LogP contribution in [0.5, 0.6) is 11.5 Å². The fraction of sp³-hybridized carbons (Fsp3) is 0.350. The summed E-state index contributed by atoms with van der Waals surface area (Å²) in [7, 11) is 3.28. The molecule has 2 aromatic carbocycles. The first-order valence-electron chi connectivity index (χ1n) is 18.3. The minimum atomic E-state index is -1.02. The predicted molar refractivity (Wildman–Crippen MR) is 209 cm³/mol. The number of benzene rings is 2. The number of hydrogen-bond donors (Lipinski definition) is 4. The summed E-state index contributed by atoms with van der Waals surface area (Å²) < 4.78 is 21.7. The highest BCUT2D eigenvalue weighted by Crippen LogP contribution is 2.32. The molecule has 0 amide bonds. The van der Waals surface area contributed by atoms with Crippen molar-refractivity contribution in [2.75, 3.05) is 89.8 Å². The number of aliphatic hydroxyl groups excluding tert-OH is 2. The number of pyridine rings is 2. The van der Waals surface area contributed by atoms with Crippen molar-refractivity contribution in [2.24, 2.45) is 0 Å². The van der Waals surface area contributed by atoms with Crippen LogP contribution in [-0.4, -0.2) is 130 Å². The van der Waals surface area contributed by atoms with E-state index in [1.165, 1.54) is 6.20 Å². The van der Waals surface area contributed by atoms with Gasteiger partial charge in [0.2, 0.25) is 0 Å². The van der Waals surface area contributed by atoms with Gasteiger partial charge in [0, 0.05) is 75.0 Å². The number of rotatable bonds is 10. The third kappa shape index (κ3) is 8.75. The van der Waals surface area contributed by atoms with Crippen molar-refractivity contribution < 1.29 is 39.4 Å². The van der Waals surface area contributed by atoms with E-state index in [4.69, 9.17) is 33.9 Å². The van der Waals surface area contributed by atoms with Gasteiger partial charge in [0.1, 0.15) is 34.7 Å². The molecule has 0 aliphatic carbocycles. The van der Waals surface area contributed by atoms with Gasteiger partial charge in [-0.2, -0.15) is 0 Å². The zero-order chi connectivity index (χ0) is 39.0. The van der Waals surface area contributed by atoms with E-state index in [0.29, 0.717) is 85.8 Å². The van der Waals surface area contributed by atoms with Crippen LogP contribution >= 0.6 is 0 Å². The second-order valence-electron chi connectivity index (χ2n) is 13.2. The highest BCUT2D eigenvalue weighted by Gasteiger charge is 2.22. The van der Waals surface area contributed by atoms with Gasteiger partial charge in [0.25, 0.3) is 0 Å². The molecule has 56 heavy (non-hydrogen) atoms. The van der Waals surface area contributed by atoms with Crippen LogP contribution in [0.4, 0.5) is 11.6 Å². The second-order valence-corrected chi connectivity index (χ2v) is 13.2. The van der Waals surface area contributed by atoms with Gasteiger partial charge in [-0.25, -0.2) is 19.9 Å². The van der Waals surface area contributed by atoms with E-state index >= 15 is 0 Å². The zero-order valence-corrected chi connectivity index (χ0v) is 31.2. The molecule has 16 nitrogen and oxygen atoms in total. The number of methoxy groups -OCH3 is 2. The predicted octanol–water partition coefficient (Wildman–Crippen LogP) is 3.83. The normalized spacial score (nSPS) is 15.7. The molecular formula is C40H44N8O8. The van der Waals surface area contributed by atoms with Crippen molar-refractivity contribution >= 4 is 33.7 Å². The Morgan fingerprint density at radius 1 is 0.679 bits per heavy atom. The summed E-state index contributed by atoms with van der Waals surface area (Å²) in [6.45, 7) is 5.37. The summed E-state index contributed by atoms with van der Waals surface area (Å²) in [5, 5.41) is 38.8. The highest BCUT2D eigenvalue weighted by atomic mass is 16.5. The number of ether oxygens (including phenoxy) is 4. The lowest BCUT2D eigenvalue weighted by Gasteiger charge is -2.28. The fourth-order valence-corrected chi connectivity index (χ4v) is 6.49. The summed E-state index contributed by atoms with van der Waals surface area (Å²) in [5.41, 5.74) is 5.42. The SMILES string of the molecule is COCC(OC)c1cnc2c(N3CCOCC3)nc(-c3cccc(O)c3)nc2c1.OCC(O)c1cnc2c(N3CCOCC3)nc(-c3cccc(O)c3)nc2c1. The van der Waals surface area contributed by atoms with Gasteiger partial charge < -0.3 is 49.2 Å². The van der Waals surface area contributed by atoms with Crippen LogP contribution < -0.4 is 9.80 Å². The first kappa shape index (κ1) is 38.6. The maximum atomic E-state index is 9.94. The van der Waals surface area contributed by atoms with E-state index in [9.17, 15) is 20.4 Å². The Morgan fingerprint density at radius 3 is 1.61 bits per heavy atom. The summed E-state index contributed by atoms with van der Waals surface area (Å²) >= 11 is 0. The van der Waals surface area contributed by atoms with Gasteiger partial charge in [-0.15, -0.1) is 0 Å². The smallest absolute Gasteiger partial charge is 0.162 e. The van der Waals surface area contributed by atoms with E-state index < -0.39 is 12.7 Å². The number of phenols is 2. The molecule has 292 valence electrons. The topological polar surface area (TPSA) is 202 Å². The van der Waals surface area contributed by atoms with Gasteiger partial charge in [-0.1, -0.05) is 24.3 Å². The van der Waals surface area contributed by atoms with E-state index in [0.717, 1.165) is 41.1 Å². The molecule has 6 aromatic rings. The number of aromatic nitrogens is 6. The molecule has 0 bridgehead atoms. The highest BCUT2D eigenvalue weighted by molar-refractivity contribution is 5.89. The molecular weight excluding hydrogens is 720 g/mol. The van der Waals surface area contributed by atoms with Crippen LogP contribution in [0.1, 0.15) is 23.3 Å². The van der Waals surface area contributed by atoms with Crippen molar-refractivity contribution in [1.82, 2.24) is 29.9 Å². The lowest BCUT2D eigenvalue weighted by atomic mass is 10.1. The lowest BCUT2D eigenvalue weighted by Crippen LogP contribution is -2.37. The molecule has 0 spiro atoms. The van der Waals surface area contributed by atoms with Crippen molar-refractivity contribution in [3.8, 4) is 34.3 Å². The van der Waals surface area contributed by atoms with Crippen molar-refractivity contribution in [3.63, 3.8) is 0 Å². The van der Waals surface area contributed by atoms with Crippen molar-refractivity contribution in [3.05, 3.63) is 84.2 Å². The Balaban J connectivity index is 0.000000172. The Labute approximate surface area is 323 Å². The van der Waals surface area contributed by atoms with Crippen LogP contribution in [0.3, 0.4) is 0 Å². The number of morpholine rings is 2. The summed E-state index contributed by atoms with van der Waals surface area (Å²) in [6, 6.07) is 17.4. The number of fused-ring (bicyclic) bond motifs is 2. The van der Waals surface area contributed by atoms with Gasteiger partial charge in [0.15, 0.2) is 23.3 Å². The van der Waals surface area contributed by atoms with E-state index in [1.807, 2.05) is 18.2 Å². The molecule has 2 atom stereocenters. The number of aromatic hydroxyl groups is 2. The monoisotopic (exact) mass is 764 g/mol. The fourth-order valence-electron chi connectivity index (χ4n) is 6.49. The van der Waals surface area contributed by atoms with Crippen LogP contribution in [0.25, 0.3) is 44.8 Å². The van der Waals surface area contributed by atoms with Gasteiger partial charge in [0.05, 0.1) is 50.7 Å². The van der Waals surface area contributed by atoms with Crippen LogP contribution in [-0.2, 0) is 18.9 Å². The molecule has 0 saturated carbocycles. The van der Waals surface area contributed by atoms with Crippen molar-refractivity contribution in [1.29, 1.82) is 0 Å². The maximum Gasteiger partial charge on any atom is 0.162 e. The minimum Gasteiger partial charge on any atom is -0.508 e. The van der Waals surface area contributed by atoms with Gasteiger partial charge in [-0.3, -0.25) is 9.97 Å². The average Bonchev–Trinajstić information content (AvgIpc) is 3.25. The quantitative estimate of drug-likeness (QED) is 0.157. The molecule has 4 aromatic heterocycles. The molecule has 0 radical (unpaired) electrons. The minimum absolute atomic E-state index is 0.131. The summed E-state index contributed by atoms with van der Waals surface area (Å²) in [5.74, 6) is 2.75. The number of phenolic OH excluding ortho intramolecular Hbond substituents is 2. The van der Waals surface area contributed by atoms with Crippen LogP contribution in [0.15, 0.2) is 73.1 Å². The molecule has 4 N–H and O–H groups in total. The first-order chi connectivity index (χ1) is 27.3. The third-order valence-corrected chi connectivity index (χ3v) is 9.44. The lowest BCUT2D eigenvalue weighted by molar-refractivity contribution is 0.0274. The van der Waals surface area contributed by atoms with Crippen LogP contribution in [0, 0.1) is 0 Å². The van der Waals surface area contributed by atoms with E-state index in [-0.39, 0.29) is 17.6 Å². The average molecular weight is 765 g/mol. The molecule has 2 aliphatic rings. The number of anilines is 2. The Morgan fingerprint density at radius 2 is 1.16 bits per heavy atom. The Hall–Kier alpha value is -5.62. The first-order valence-corrected chi connectivity index (χ1v) is 18.3. The Kier molecular flexibility index (Phi) is 12.3. The van der Waals surface area contributed by atoms with Crippen molar-refractivity contribution in [2.45, 2.75) is 12.2 Å². The number of aliphatic hydroxyl groups is 2. The molecule has 6 heterocycles. The molecule has 2 fully saturated rings. The van der Waals surface area contributed by atoms with E-state index in [2.05, 4.69) is 24.8 Å². The third-order valence-electron chi connectivity index (χ3n) is 9.44. The standard InChI is InChI=1S/C21H24N4O4.C19H20N4O4/c1-27-13-18(28-2)15-11-17-19(22-12-15)21(25-6-8-29-9-7-25)24-20(23-17)14-4-3-5-16(26)10-14;24-11-16(26)13-9-15-17(20-10-13)19(23-4-6-27-7-5-23)22-18(21-15)12-2-1-3-14(25)8-12/h3-5,10-12,18,26H,6-9,13H2,1-2H3;1-3,8-10,16,24-26H,4-7,11H2. The molecule has 16 heteroatoms. The summed E-state index contributed by atoms with van der Waals surface area (Å²) in [6.07, 6.45) is 2.07.